The van der Waals surface area contributed by atoms with Crippen molar-refractivity contribution in [2.75, 3.05) is 0 Å². The quantitative estimate of drug-likeness (QED) is 0.547. The molecule has 0 saturated heterocycles. The predicted molar refractivity (Wildman–Crippen MR) is 37.7 cm³/mol. The van der Waals surface area contributed by atoms with Crippen LogP contribution in [0.25, 0.3) is 0 Å². The second kappa shape index (κ2) is 2.75. The van der Waals surface area contributed by atoms with Gasteiger partial charge in [0.15, 0.2) is 0 Å². The van der Waals surface area contributed by atoms with Crippen LogP contribution in [0, 0.1) is 0 Å². The SMILES string of the molecule is C/C=C\NC(C)(C)C. The lowest BCUT2D eigenvalue weighted by Gasteiger charge is -2.17. The lowest BCUT2D eigenvalue weighted by molar-refractivity contribution is 0.491. The van der Waals surface area contributed by atoms with Gasteiger partial charge < -0.3 is 5.32 Å². The Kier molecular flexibility index (Phi) is 2.59. The summed E-state index contributed by atoms with van der Waals surface area (Å²) in [5.74, 6) is 0. The van der Waals surface area contributed by atoms with Gasteiger partial charge in [-0.15, -0.1) is 0 Å². The highest BCUT2D eigenvalue weighted by Gasteiger charge is 2.03. The van der Waals surface area contributed by atoms with E-state index in [-0.39, 0.29) is 5.54 Å². The highest BCUT2D eigenvalue weighted by molar-refractivity contribution is 4.82. The topological polar surface area (TPSA) is 12.0 Å². The Balaban J connectivity index is 3.39. The zero-order chi connectivity index (χ0) is 6.62. The van der Waals surface area contributed by atoms with Crippen LogP contribution in [0.2, 0.25) is 0 Å². The van der Waals surface area contributed by atoms with Crippen LogP contribution in [-0.2, 0) is 0 Å². The summed E-state index contributed by atoms with van der Waals surface area (Å²) >= 11 is 0. The summed E-state index contributed by atoms with van der Waals surface area (Å²) in [6, 6.07) is 0. The maximum absolute atomic E-state index is 3.19. The molecule has 0 atom stereocenters. The standard InChI is InChI=1S/C7H15N/c1-5-6-8-7(2,3)4/h5-6,8H,1-4H3/b6-5-. The lowest BCUT2D eigenvalue weighted by atomic mass is 10.1. The van der Waals surface area contributed by atoms with E-state index in [1.54, 1.807) is 0 Å². The zero-order valence-corrected chi connectivity index (χ0v) is 6.15. The van der Waals surface area contributed by atoms with Crippen LogP contribution in [0.5, 0.6) is 0 Å². The predicted octanol–water partition coefficient (Wildman–Crippen LogP) is 1.91. The molecule has 0 aliphatic heterocycles. The summed E-state index contributed by atoms with van der Waals surface area (Å²) in [5.41, 5.74) is 0.215. The van der Waals surface area contributed by atoms with Gasteiger partial charge in [-0.25, -0.2) is 0 Å². The summed E-state index contributed by atoms with van der Waals surface area (Å²) in [7, 11) is 0. The first-order valence-corrected chi connectivity index (χ1v) is 2.95. The second-order valence-corrected chi connectivity index (χ2v) is 2.89. The fourth-order valence-corrected chi connectivity index (χ4v) is 0.333. The maximum atomic E-state index is 3.19. The molecule has 0 aliphatic rings. The van der Waals surface area contributed by atoms with E-state index in [0.717, 1.165) is 0 Å². The van der Waals surface area contributed by atoms with Crippen LogP contribution in [0.1, 0.15) is 27.7 Å². The molecule has 0 aromatic carbocycles. The van der Waals surface area contributed by atoms with E-state index in [9.17, 15) is 0 Å². The number of allylic oxidation sites excluding steroid dienone is 1. The van der Waals surface area contributed by atoms with Gasteiger partial charge in [-0.2, -0.15) is 0 Å². The average molecular weight is 113 g/mol. The summed E-state index contributed by atoms with van der Waals surface area (Å²) in [5, 5.41) is 3.19. The van der Waals surface area contributed by atoms with E-state index in [1.807, 2.05) is 19.2 Å². The van der Waals surface area contributed by atoms with Gasteiger partial charge in [-0.3, -0.25) is 0 Å². The number of rotatable bonds is 1. The monoisotopic (exact) mass is 113 g/mol. The van der Waals surface area contributed by atoms with Crippen molar-refractivity contribution >= 4 is 0 Å². The van der Waals surface area contributed by atoms with Crippen LogP contribution in [-0.4, -0.2) is 5.54 Å². The molecule has 0 aromatic rings. The van der Waals surface area contributed by atoms with Crippen LogP contribution >= 0.6 is 0 Å². The highest BCUT2D eigenvalue weighted by atomic mass is 14.9. The van der Waals surface area contributed by atoms with Crippen molar-refractivity contribution in [3.8, 4) is 0 Å². The molecule has 48 valence electrons. The zero-order valence-electron chi connectivity index (χ0n) is 6.15. The third-order valence-electron chi connectivity index (χ3n) is 0.683. The Morgan fingerprint density at radius 1 is 1.25 bits per heavy atom. The normalized spacial score (nSPS) is 12.5. The van der Waals surface area contributed by atoms with Crippen molar-refractivity contribution in [2.24, 2.45) is 0 Å². The van der Waals surface area contributed by atoms with Crippen molar-refractivity contribution < 1.29 is 0 Å². The minimum absolute atomic E-state index is 0.215. The van der Waals surface area contributed by atoms with Crippen molar-refractivity contribution in [3.05, 3.63) is 12.3 Å². The Bertz CT molecular complexity index is 76.9. The molecule has 0 fully saturated rings. The Labute approximate surface area is 51.8 Å². The Morgan fingerprint density at radius 2 is 1.75 bits per heavy atom. The summed E-state index contributed by atoms with van der Waals surface area (Å²) in [4.78, 5) is 0. The van der Waals surface area contributed by atoms with Crippen molar-refractivity contribution in [1.82, 2.24) is 5.32 Å². The lowest BCUT2D eigenvalue weighted by Crippen LogP contribution is -2.30. The third-order valence-corrected chi connectivity index (χ3v) is 0.683. The molecule has 0 aliphatic carbocycles. The Hall–Kier alpha value is -0.460. The van der Waals surface area contributed by atoms with Gasteiger partial charge in [0.1, 0.15) is 0 Å². The molecule has 0 radical (unpaired) electrons. The van der Waals surface area contributed by atoms with E-state index >= 15 is 0 Å². The molecule has 1 nitrogen and oxygen atoms in total. The molecule has 0 bridgehead atoms. The largest absolute Gasteiger partial charge is 0.387 e. The highest BCUT2D eigenvalue weighted by Crippen LogP contribution is 1.96. The minimum atomic E-state index is 0.215. The molecule has 0 saturated carbocycles. The molecule has 1 N–H and O–H groups in total. The van der Waals surface area contributed by atoms with Gasteiger partial charge in [0.05, 0.1) is 0 Å². The first-order valence-electron chi connectivity index (χ1n) is 2.95. The first kappa shape index (κ1) is 7.54. The van der Waals surface area contributed by atoms with E-state index < -0.39 is 0 Å². The first-order chi connectivity index (χ1) is 3.56. The molecule has 1 heteroatoms. The van der Waals surface area contributed by atoms with E-state index in [0.29, 0.717) is 0 Å². The fraction of sp³-hybridized carbons (Fsp3) is 0.714. The van der Waals surface area contributed by atoms with Gasteiger partial charge in [0.25, 0.3) is 0 Å². The molecular formula is C7H15N. The smallest absolute Gasteiger partial charge is 0.0283 e. The van der Waals surface area contributed by atoms with Crippen LogP contribution in [0.15, 0.2) is 12.3 Å². The van der Waals surface area contributed by atoms with E-state index in [2.05, 4.69) is 26.1 Å². The average Bonchev–Trinajstić information content (AvgIpc) is 1.59. The van der Waals surface area contributed by atoms with E-state index in [1.165, 1.54) is 0 Å². The number of nitrogens with one attached hydrogen (secondary N) is 1. The van der Waals surface area contributed by atoms with Gasteiger partial charge >= 0.3 is 0 Å². The number of hydrogen-bond donors (Lipinski definition) is 1. The van der Waals surface area contributed by atoms with Gasteiger partial charge in [-0.1, -0.05) is 6.08 Å². The minimum Gasteiger partial charge on any atom is -0.387 e. The molecule has 0 heterocycles. The van der Waals surface area contributed by atoms with Crippen molar-refractivity contribution in [2.45, 2.75) is 33.2 Å². The molecule has 0 rings (SSSR count). The second-order valence-electron chi connectivity index (χ2n) is 2.89. The van der Waals surface area contributed by atoms with Gasteiger partial charge in [0.2, 0.25) is 0 Å². The fourth-order valence-electron chi connectivity index (χ4n) is 0.333. The molecule has 0 unspecified atom stereocenters. The summed E-state index contributed by atoms with van der Waals surface area (Å²) < 4.78 is 0. The third kappa shape index (κ3) is 5.54. The molecule has 0 aromatic heterocycles. The van der Waals surface area contributed by atoms with Crippen LogP contribution in [0.3, 0.4) is 0 Å². The van der Waals surface area contributed by atoms with Crippen LogP contribution < -0.4 is 5.32 Å². The molecule has 0 spiro atoms. The van der Waals surface area contributed by atoms with E-state index in [4.69, 9.17) is 0 Å². The summed E-state index contributed by atoms with van der Waals surface area (Å²) in [6.07, 6.45) is 3.95. The van der Waals surface area contributed by atoms with Crippen molar-refractivity contribution in [1.29, 1.82) is 0 Å². The molecular weight excluding hydrogens is 98.1 g/mol. The van der Waals surface area contributed by atoms with Gasteiger partial charge in [0, 0.05) is 5.54 Å². The van der Waals surface area contributed by atoms with Crippen molar-refractivity contribution in [3.63, 3.8) is 0 Å². The molecule has 0 amide bonds. The number of hydrogen-bond acceptors (Lipinski definition) is 1. The Morgan fingerprint density at radius 3 is 1.88 bits per heavy atom. The van der Waals surface area contributed by atoms with Gasteiger partial charge in [-0.05, 0) is 33.9 Å². The molecule has 8 heavy (non-hydrogen) atoms. The summed E-state index contributed by atoms with van der Waals surface area (Å²) in [6.45, 7) is 8.39. The maximum Gasteiger partial charge on any atom is 0.0283 e. The van der Waals surface area contributed by atoms with Crippen LogP contribution in [0.4, 0.5) is 0 Å².